The molecule has 0 radical (unpaired) electrons. The molecule has 0 bridgehead atoms. The highest BCUT2D eigenvalue weighted by molar-refractivity contribution is 5.96. The highest BCUT2D eigenvalue weighted by atomic mass is 16.6. The molecule has 3 rings (SSSR count). The number of nitro groups is 1. The summed E-state index contributed by atoms with van der Waals surface area (Å²) in [5, 5.41) is 16.7. The molecule has 2 N–H and O–H groups in total. The number of nitro benzene ring substituents is 1. The molecule has 0 aliphatic rings. The third-order valence-electron chi connectivity index (χ3n) is 4.72. The highest BCUT2D eigenvalue weighted by Crippen LogP contribution is 2.28. The Morgan fingerprint density at radius 1 is 0.742 bits per heavy atom. The summed E-state index contributed by atoms with van der Waals surface area (Å²) in [4.78, 5) is 35.4. The van der Waals surface area contributed by atoms with Gasteiger partial charge < -0.3 is 10.6 Å². The molecule has 3 aromatic carbocycles. The van der Waals surface area contributed by atoms with Crippen LogP contribution < -0.4 is 10.6 Å². The molecule has 7 heteroatoms. The van der Waals surface area contributed by atoms with Crippen molar-refractivity contribution in [2.45, 2.75) is 25.7 Å². The molecule has 0 aromatic heterocycles. The molecule has 0 saturated carbocycles. The van der Waals surface area contributed by atoms with Crippen molar-refractivity contribution in [1.29, 1.82) is 0 Å². The molecule has 0 unspecified atom stereocenters. The SMILES string of the molecule is O=C(CCc1ccccc1)Nc1ccc([N+](=O)[O-])c(NC(=O)CCc2ccccc2)c1. The van der Waals surface area contributed by atoms with E-state index in [9.17, 15) is 19.7 Å². The Hall–Kier alpha value is -4.00. The number of anilines is 2. The van der Waals surface area contributed by atoms with Crippen LogP contribution in [0.2, 0.25) is 0 Å². The molecule has 2 amide bonds. The van der Waals surface area contributed by atoms with Crippen LogP contribution in [0.1, 0.15) is 24.0 Å². The Bertz CT molecular complexity index is 1050. The summed E-state index contributed by atoms with van der Waals surface area (Å²) in [6.07, 6.45) is 1.58. The van der Waals surface area contributed by atoms with Crippen molar-refractivity contribution < 1.29 is 14.5 Å². The van der Waals surface area contributed by atoms with Crippen LogP contribution in [-0.4, -0.2) is 16.7 Å². The zero-order valence-corrected chi connectivity index (χ0v) is 16.9. The number of carbonyl (C=O) groups is 2. The van der Waals surface area contributed by atoms with Crippen LogP contribution in [-0.2, 0) is 22.4 Å². The topological polar surface area (TPSA) is 101 Å². The predicted octanol–water partition coefficient (Wildman–Crippen LogP) is 4.74. The van der Waals surface area contributed by atoms with E-state index in [4.69, 9.17) is 0 Å². The van der Waals surface area contributed by atoms with Gasteiger partial charge in [0.15, 0.2) is 0 Å². The largest absolute Gasteiger partial charge is 0.326 e. The van der Waals surface area contributed by atoms with Gasteiger partial charge in [-0.3, -0.25) is 19.7 Å². The summed E-state index contributed by atoms with van der Waals surface area (Å²) >= 11 is 0. The van der Waals surface area contributed by atoms with E-state index in [1.807, 2.05) is 60.7 Å². The summed E-state index contributed by atoms with van der Waals surface area (Å²) < 4.78 is 0. The highest BCUT2D eigenvalue weighted by Gasteiger charge is 2.17. The lowest BCUT2D eigenvalue weighted by Gasteiger charge is -2.10. The first-order chi connectivity index (χ1) is 15.0. The summed E-state index contributed by atoms with van der Waals surface area (Å²) in [6, 6.07) is 23.3. The van der Waals surface area contributed by atoms with Gasteiger partial charge in [-0.25, -0.2) is 0 Å². The summed E-state index contributed by atoms with van der Waals surface area (Å²) in [7, 11) is 0. The van der Waals surface area contributed by atoms with Crippen molar-refractivity contribution in [3.8, 4) is 0 Å². The van der Waals surface area contributed by atoms with Gasteiger partial charge in [0.25, 0.3) is 5.69 Å². The third kappa shape index (κ3) is 6.78. The molecule has 158 valence electrons. The van der Waals surface area contributed by atoms with E-state index >= 15 is 0 Å². The molecular formula is C24H23N3O4. The number of carbonyl (C=O) groups excluding carboxylic acids is 2. The first-order valence-corrected chi connectivity index (χ1v) is 9.97. The number of nitrogens with one attached hydrogen (secondary N) is 2. The Kier molecular flexibility index (Phi) is 7.48. The van der Waals surface area contributed by atoms with Gasteiger partial charge in [-0.2, -0.15) is 0 Å². The fourth-order valence-corrected chi connectivity index (χ4v) is 3.11. The second kappa shape index (κ2) is 10.7. The van der Waals surface area contributed by atoms with Gasteiger partial charge in [0.2, 0.25) is 11.8 Å². The van der Waals surface area contributed by atoms with Crippen molar-refractivity contribution in [3.05, 3.63) is 100 Å². The van der Waals surface area contributed by atoms with Gasteiger partial charge in [0, 0.05) is 24.6 Å². The number of hydrogen-bond acceptors (Lipinski definition) is 4. The lowest BCUT2D eigenvalue weighted by atomic mass is 10.1. The van der Waals surface area contributed by atoms with Crippen LogP contribution in [0.4, 0.5) is 17.1 Å². The van der Waals surface area contributed by atoms with Crippen molar-refractivity contribution in [3.63, 3.8) is 0 Å². The van der Waals surface area contributed by atoms with Crippen molar-refractivity contribution in [1.82, 2.24) is 0 Å². The molecule has 0 saturated heterocycles. The average Bonchev–Trinajstić information content (AvgIpc) is 2.78. The second-order valence-electron chi connectivity index (χ2n) is 7.06. The smallest absolute Gasteiger partial charge is 0.292 e. The molecular weight excluding hydrogens is 394 g/mol. The van der Waals surface area contributed by atoms with Gasteiger partial charge in [0.1, 0.15) is 5.69 Å². The average molecular weight is 417 g/mol. The zero-order valence-electron chi connectivity index (χ0n) is 16.9. The van der Waals surface area contributed by atoms with Crippen LogP contribution in [0.15, 0.2) is 78.9 Å². The van der Waals surface area contributed by atoms with E-state index in [0.29, 0.717) is 18.5 Å². The summed E-state index contributed by atoms with van der Waals surface area (Å²) in [5.41, 5.74) is 2.28. The minimum absolute atomic E-state index is 0.0592. The van der Waals surface area contributed by atoms with E-state index in [1.165, 1.54) is 18.2 Å². The normalized spacial score (nSPS) is 10.3. The Morgan fingerprint density at radius 3 is 1.77 bits per heavy atom. The van der Waals surface area contributed by atoms with E-state index in [2.05, 4.69) is 10.6 Å². The van der Waals surface area contributed by atoms with Crippen molar-refractivity contribution in [2.24, 2.45) is 0 Å². The van der Waals surface area contributed by atoms with E-state index in [1.54, 1.807) is 0 Å². The summed E-state index contributed by atoms with van der Waals surface area (Å²) in [6.45, 7) is 0. The minimum atomic E-state index is -0.562. The first-order valence-electron chi connectivity index (χ1n) is 9.97. The fourth-order valence-electron chi connectivity index (χ4n) is 3.11. The van der Waals surface area contributed by atoms with E-state index < -0.39 is 4.92 Å². The number of amides is 2. The van der Waals surface area contributed by atoms with E-state index in [0.717, 1.165) is 11.1 Å². The third-order valence-corrected chi connectivity index (χ3v) is 4.72. The monoisotopic (exact) mass is 417 g/mol. The molecule has 31 heavy (non-hydrogen) atoms. The number of hydrogen-bond donors (Lipinski definition) is 2. The predicted molar refractivity (Wildman–Crippen MR) is 120 cm³/mol. The van der Waals surface area contributed by atoms with Crippen LogP contribution in [0, 0.1) is 10.1 Å². The maximum atomic E-state index is 12.3. The lowest BCUT2D eigenvalue weighted by molar-refractivity contribution is -0.383. The maximum absolute atomic E-state index is 12.3. The molecule has 0 spiro atoms. The lowest BCUT2D eigenvalue weighted by Crippen LogP contribution is -2.15. The van der Waals surface area contributed by atoms with Crippen LogP contribution in [0.5, 0.6) is 0 Å². The maximum Gasteiger partial charge on any atom is 0.292 e. The second-order valence-corrected chi connectivity index (χ2v) is 7.06. The van der Waals surface area contributed by atoms with Gasteiger partial charge in [0.05, 0.1) is 4.92 Å². The zero-order chi connectivity index (χ0) is 22.1. The van der Waals surface area contributed by atoms with Gasteiger partial charge >= 0.3 is 0 Å². The van der Waals surface area contributed by atoms with Gasteiger partial charge in [-0.15, -0.1) is 0 Å². The molecule has 0 atom stereocenters. The van der Waals surface area contributed by atoms with Gasteiger partial charge in [-0.05, 0) is 36.1 Å². The Balaban J connectivity index is 1.62. The molecule has 0 aliphatic carbocycles. The standard InChI is InChI=1S/C24H23N3O4/c28-23(15-11-18-7-3-1-4-8-18)25-20-13-14-22(27(30)31)21(17-20)26-24(29)16-12-19-9-5-2-6-10-19/h1-10,13-14,17H,11-12,15-16H2,(H,25,28)(H,26,29). The summed E-state index contributed by atoms with van der Waals surface area (Å²) in [5.74, 6) is -0.543. The van der Waals surface area contributed by atoms with Crippen molar-refractivity contribution in [2.75, 3.05) is 10.6 Å². The number of aryl methyl sites for hydroxylation is 2. The number of benzene rings is 3. The molecule has 7 nitrogen and oxygen atoms in total. The Labute approximate surface area is 180 Å². The van der Waals surface area contributed by atoms with E-state index in [-0.39, 0.29) is 36.0 Å². The minimum Gasteiger partial charge on any atom is -0.326 e. The van der Waals surface area contributed by atoms with Gasteiger partial charge in [-0.1, -0.05) is 60.7 Å². The Morgan fingerprint density at radius 2 is 1.26 bits per heavy atom. The molecule has 0 heterocycles. The van der Waals surface area contributed by atoms with Crippen LogP contribution in [0.25, 0.3) is 0 Å². The fraction of sp³-hybridized carbons (Fsp3) is 0.167. The molecule has 0 aliphatic heterocycles. The number of nitrogens with zero attached hydrogens (tertiary/aromatic N) is 1. The molecule has 3 aromatic rings. The van der Waals surface area contributed by atoms with Crippen LogP contribution in [0.3, 0.4) is 0 Å². The molecule has 0 fully saturated rings. The van der Waals surface area contributed by atoms with Crippen molar-refractivity contribution >= 4 is 28.9 Å². The number of rotatable bonds is 9. The first kappa shape index (κ1) is 21.7. The quantitative estimate of drug-likeness (QED) is 0.388. The van der Waals surface area contributed by atoms with Crippen LogP contribution >= 0.6 is 0 Å².